The quantitative estimate of drug-likeness (QED) is 0.795. The molecule has 1 heterocycles. The first kappa shape index (κ1) is 9.27. The second-order valence-electron chi connectivity index (χ2n) is 2.94. The van der Waals surface area contributed by atoms with Gasteiger partial charge in [0.1, 0.15) is 0 Å². The maximum absolute atomic E-state index is 10.8. The molecular weight excluding hydrogens is 196 g/mol. The Balaban J connectivity index is 1.89. The van der Waals surface area contributed by atoms with Crippen molar-refractivity contribution in [2.45, 2.75) is 6.54 Å². The minimum Gasteiger partial charge on any atom is -0.360 e. The van der Waals surface area contributed by atoms with Crippen LogP contribution in [-0.4, -0.2) is 16.8 Å². The van der Waals surface area contributed by atoms with Crippen LogP contribution < -0.4 is 5.32 Å². The fourth-order valence-corrected chi connectivity index (χ4v) is 1.84. The largest absolute Gasteiger partial charge is 0.360 e. The zero-order valence-electron chi connectivity index (χ0n) is 7.56. The molecule has 2 rings (SSSR count). The topological polar surface area (TPSA) is 41.5 Å². The number of amides is 1. The van der Waals surface area contributed by atoms with Crippen LogP contribution >= 0.6 is 11.8 Å². The Morgan fingerprint density at radius 1 is 1.36 bits per heavy atom. The highest BCUT2D eigenvalue weighted by Gasteiger charge is 2.13. The molecule has 3 nitrogen and oxygen atoms in total. The van der Waals surface area contributed by atoms with Crippen LogP contribution in [0, 0.1) is 0 Å². The molecule has 14 heavy (non-hydrogen) atoms. The van der Waals surface area contributed by atoms with E-state index in [4.69, 9.17) is 0 Å². The molecule has 1 aliphatic rings. The first-order chi connectivity index (χ1) is 6.84. The highest BCUT2D eigenvalue weighted by molar-refractivity contribution is 8.14. The molecule has 0 bridgehead atoms. The van der Waals surface area contributed by atoms with E-state index in [1.807, 2.05) is 30.3 Å². The van der Waals surface area contributed by atoms with E-state index >= 15 is 0 Å². The molecule has 0 spiro atoms. The van der Waals surface area contributed by atoms with Crippen molar-refractivity contribution in [3.05, 3.63) is 35.9 Å². The van der Waals surface area contributed by atoms with Crippen LogP contribution in [0.5, 0.6) is 0 Å². The summed E-state index contributed by atoms with van der Waals surface area (Å²) in [6.45, 7) is 0.722. The number of amidine groups is 1. The van der Waals surface area contributed by atoms with Crippen LogP contribution in [0.1, 0.15) is 5.56 Å². The summed E-state index contributed by atoms with van der Waals surface area (Å²) in [5, 5.41) is 3.86. The van der Waals surface area contributed by atoms with Crippen molar-refractivity contribution in [2.24, 2.45) is 4.99 Å². The predicted octanol–water partition coefficient (Wildman–Crippen LogP) is 1.41. The lowest BCUT2D eigenvalue weighted by molar-refractivity contribution is -0.115. The molecular formula is C10H10N2OS. The molecule has 0 saturated carbocycles. The van der Waals surface area contributed by atoms with Crippen molar-refractivity contribution in [1.82, 2.24) is 5.32 Å². The number of carbonyl (C=O) groups excluding carboxylic acids is 1. The van der Waals surface area contributed by atoms with Crippen molar-refractivity contribution in [1.29, 1.82) is 0 Å². The van der Waals surface area contributed by atoms with Gasteiger partial charge in [0.2, 0.25) is 0 Å². The molecule has 1 N–H and O–H groups in total. The highest BCUT2D eigenvalue weighted by Crippen LogP contribution is 2.11. The van der Waals surface area contributed by atoms with E-state index in [1.54, 1.807) is 0 Å². The molecule has 4 heteroatoms. The number of nitrogens with one attached hydrogen (secondary N) is 1. The van der Waals surface area contributed by atoms with Gasteiger partial charge in [-0.15, -0.1) is 0 Å². The summed E-state index contributed by atoms with van der Waals surface area (Å²) in [7, 11) is 0. The van der Waals surface area contributed by atoms with Crippen molar-refractivity contribution < 1.29 is 4.79 Å². The van der Waals surface area contributed by atoms with E-state index in [2.05, 4.69) is 10.3 Å². The molecule has 0 saturated heterocycles. The Morgan fingerprint density at radius 2 is 2.14 bits per heavy atom. The molecule has 72 valence electrons. The first-order valence-electron chi connectivity index (χ1n) is 4.37. The third kappa shape index (κ3) is 2.35. The maximum Gasteiger partial charge on any atom is 0.258 e. The Morgan fingerprint density at radius 3 is 2.79 bits per heavy atom. The monoisotopic (exact) mass is 206 g/mol. The van der Waals surface area contributed by atoms with Gasteiger partial charge in [0.25, 0.3) is 5.91 Å². The molecule has 1 aromatic carbocycles. The summed E-state index contributed by atoms with van der Waals surface area (Å²) >= 11 is 1.46. The van der Waals surface area contributed by atoms with Gasteiger partial charge < -0.3 is 5.32 Å². The summed E-state index contributed by atoms with van der Waals surface area (Å²) in [5.74, 6) is 0.419. The fraction of sp³-hybridized carbons (Fsp3) is 0.200. The minimum atomic E-state index is -0.0504. The third-order valence-electron chi connectivity index (χ3n) is 1.85. The number of benzene rings is 1. The van der Waals surface area contributed by atoms with Gasteiger partial charge in [-0.3, -0.25) is 4.79 Å². The van der Waals surface area contributed by atoms with Gasteiger partial charge in [0.15, 0.2) is 5.17 Å². The average Bonchev–Trinajstić information content (AvgIpc) is 2.63. The molecule has 0 fully saturated rings. The molecule has 1 aliphatic heterocycles. The molecule has 0 radical (unpaired) electrons. The molecule has 1 amide bonds. The maximum atomic E-state index is 10.8. The van der Waals surface area contributed by atoms with Gasteiger partial charge in [0, 0.05) is 6.54 Å². The lowest BCUT2D eigenvalue weighted by Crippen LogP contribution is -2.17. The van der Waals surface area contributed by atoms with Gasteiger partial charge in [-0.2, -0.15) is 4.99 Å². The Labute approximate surface area is 86.6 Å². The van der Waals surface area contributed by atoms with Crippen LogP contribution in [0.15, 0.2) is 35.3 Å². The summed E-state index contributed by atoms with van der Waals surface area (Å²) in [5.41, 5.74) is 1.19. The Kier molecular flexibility index (Phi) is 2.84. The first-order valence-corrected chi connectivity index (χ1v) is 5.35. The van der Waals surface area contributed by atoms with Crippen molar-refractivity contribution in [2.75, 3.05) is 5.75 Å². The van der Waals surface area contributed by atoms with Crippen molar-refractivity contribution in [3.63, 3.8) is 0 Å². The van der Waals surface area contributed by atoms with Crippen LogP contribution in [0.4, 0.5) is 0 Å². The van der Waals surface area contributed by atoms with Crippen molar-refractivity contribution in [3.8, 4) is 0 Å². The van der Waals surface area contributed by atoms with Gasteiger partial charge >= 0.3 is 0 Å². The van der Waals surface area contributed by atoms with Crippen LogP contribution in [0.3, 0.4) is 0 Å². The zero-order valence-corrected chi connectivity index (χ0v) is 8.38. The van der Waals surface area contributed by atoms with Gasteiger partial charge in [-0.1, -0.05) is 42.1 Å². The third-order valence-corrected chi connectivity index (χ3v) is 2.75. The Hall–Kier alpha value is -1.29. The molecule has 0 atom stereocenters. The summed E-state index contributed by atoms with van der Waals surface area (Å²) < 4.78 is 0. The summed E-state index contributed by atoms with van der Waals surface area (Å²) in [6.07, 6.45) is 0. The molecule has 0 aliphatic carbocycles. The van der Waals surface area contributed by atoms with E-state index in [-0.39, 0.29) is 5.91 Å². The Bertz CT molecular complexity index is 362. The standard InChI is InChI=1S/C10H10N2OS/c13-9-7-14-10(12-9)11-6-8-4-2-1-3-5-8/h1-5H,6-7H2,(H,11,12,13). The number of aliphatic imine (C=N–C) groups is 1. The normalized spacial score (nSPS) is 15.4. The van der Waals surface area contributed by atoms with Crippen molar-refractivity contribution >= 4 is 22.8 Å². The van der Waals surface area contributed by atoms with Gasteiger partial charge in [0.05, 0.1) is 5.75 Å². The SMILES string of the molecule is O=C1CSC(NCc2ccccc2)=N1. The average molecular weight is 206 g/mol. The molecule has 0 unspecified atom stereocenters. The minimum absolute atomic E-state index is 0.0504. The smallest absolute Gasteiger partial charge is 0.258 e. The summed E-state index contributed by atoms with van der Waals surface area (Å²) in [6, 6.07) is 10.0. The van der Waals surface area contributed by atoms with Crippen LogP contribution in [-0.2, 0) is 11.3 Å². The zero-order chi connectivity index (χ0) is 9.80. The number of rotatable bonds is 2. The molecule has 1 aromatic rings. The number of nitrogens with zero attached hydrogens (tertiary/aromatic N) is 1. The predicted molar refractivity (Wildman–Crippen MR) is 58.2 cm³/mol. The van der Waals surface area contributed by atoms with E-state index in [1.165, 1.54) is 17.3 Å². The van der Waals surface area contributed by atoms with E-state index in [0.717, 1.165) is 11.7 Å². The highest BCUT2D eigenvalue weighted by atomic mass is 32.2. The number of thioether (sulfide) groups is 1. The number of carbonyl (C=O) groups is 1. The van der Waals surface area contributed by atoms with E-state index in [9.17, 15) is 4.79 Å². The second-order valence-corrected chi connectivity index (χ2v) is 3.90. The fourth-order valence-electron chi connectivity index (χ4n) is 1.17. The van der Waals surface area contributed by atoms with E-state index in [0.29, 0.717) is 5.75 Å². The van der Waals surface area contributed by atoms with Gasteiger partial charge in [-0.05, 0) is 5.56 Å². The lowest BCUT2D eigenvalue weighted by Gasteiger charge is -2.03. The second kappa shape index (κ2) is 4.28. The molecule has 0 aromatic heterocycles. The van der Waals surface area contributed by atoms with E-state index < -0.39 is 0 Å². The summed E-state index contributed by atoms with van der Waals surface area (Å²) in [4.78, 5) is 14.6. The lowest BCUT2D eigenvalue weighted by atomic mass is 10.2. The number of hydrogen-bond acceptors (Lipinski definition) is 3. The van der Waals surface area contributed by atoms with Crippen LogP contribution in [0.2, 0.25) is 0 Å². The number of hydrogen-bond donors (Lipinski definition) is 1. The van der Waals surface area contributed by atoms with Gasteiger partial charge in [-0.25, -0.2) is 0 Å². The van der Waals surface area contributed by atoms with Crippen LogP contribution in [0.25, 0.3) is 0 Å².